The molecule has 454 valence electrons. The number of hydrogen-bond acceptors (Lipinski definition) is 18. The molecule has 3 aliphatic heterocycles. The maximum atomic E-state index is 13.3. The van der Waals surface area contributed by atoms with Crippen molar-refractivity contribution in [1.82, 2.24) is 5.32 Å². The number of rotatable bonds is 43. The fourth-order valence-electron chi connectivity index (χ4n) is 9.88. The molecule has 0 spiro atoms. The average molecular weight is 1120 g/mol. The van der Waals surface area contributed by atoms with Crippen LogP contribution in [0.15, 0.2) is 48.6 Å². The lowest BCUT2D eigenvalue weighted by molar-refractivity contribution is -0.379. The molecule has 1 amide bonds. The van der Waals surface area contributed by atoms with Crippen LogP contribution in [0.2, 0.25) is 0 Å². The minimum Gasteiger partial charge on any atom is -0.394 e. The Bertz CT molecular complexity index is 1620. The van der Waals surface area contributed by atoms with Crippen LogP contribution in [0.5, 0.6) is 0 Å². The molecule has 19 nitrogen and oxygen atoms in total. The summed E-state index contributed by atoms with van der Waals surface area (Å²) in [5, 5.41) is 120. The van der Waals surface area contributed by atoms with Gasteiger partial charge in [-0.1, -0.05) is 165 Å². The van der Waals surface area contributed by atoms with Gasteiger partial charge in [0.25, 0.3) is 0 Å². The van der Waals surface area contributed by atoms with E-state index >= 15 is 0 Å². The molecule has 17 unspecified atom stereocenters. The summed E-state index contributed by atoms with van der Waals surface area (Å²) in [4.78, 5) is 13.3. The summed E-state index contributed by atoms with van der Waals surface area (Å²) in [7, 11) is 0. The number of carbonyl (C=O) groups excluding carboxylic acids is 1. The second-order valence-corrected chi connectivity index (χ2v) is 21.4. The first-order valence-electron chi connectivity index (χ1n) is 29.9. The van der Waals surface area contributed by atoms with Gasteiger partial charge >= 0.3 is 0 Å². The number of hydrogen-bond donors (Lipinski definition) is 12. The predicted molar refractivity (Wildman–Crippen MR) is 295 cm³/mol. The van der Waals surface area contributed by atoms with Crippen molar-refractivity contribution in [3.05, 3.63) is 48.6 Å². The van der Waals surface area contributed by atoms with E-state index in [2.05, 4.69) is 55.6 Å². The third kappa shape index (κ3) is 26.3. The molecule has 12 N–H and O–H groups in total. The normalized spacial score (nSPS) is 30.8. The lowest BCUT2D eigenvalue weighted by atomic mass is 9.96. The molecule has 3 heterocycles. The molecule has 3 rings (SSSR count). The van der Waals surface area contributed by atoms with Gasteiger partial charge in [-0.15, -0.1) is 0 Å². The molecule has 0 aromatic heterocycles. The van der Waals surface area contributed by atoms with Crippen LogP contribution in [-0.2, 0) is 33.2 Å². The number of amides is 1. The summed E-state index contributed by atoms with van der Waals surface area (Å²) >= 11 is 0. The van der Waals surface area contributed by atoms with Crippen LogP contribution >= 0.6 is 0 Å². The molecule has 0 saturated carbocycles. The highest BCUT2D eigenvalue weighted by Gasteiger charge is 2.53. The van der Waals surface area contributed by atoms with Gasteiger partial charge in [-0.25, -0.2) is 0 Å². The number of aliphatic hydroxyl groups is 11. The molecule has 3 saturated heterocycles. The molecule has 3 fully saturated rings. The van der Waals surface area contributed by atoms with Gasteiger partial charge in [-0.3, -0.25) is 4.79 Å². The standard InChI is InChI=1S/C59H105NO18/c1-3-5-7-9-11-13-15-17-19-20-21-22-23-25-27-29-31-33-35-37-47(65)60-42(43(64)36-34-32-30-28-26-24-18-16-14-12-10-8-6-4-2)41-73-57-53(71)50(68)55(45(39-62)75-57)78-59-54(72)51(69)56(46(40-63)76-59)77-58-52(70)49(67)48(66)44(38-61)74-58/h11,13,17,19,26,28,34,36,42-46,48-59,61-64,66-72H,3-10,12,14-16,18,20-25,27,29-33,35,37-41H2,1-2H3,(H,60,65)/b13-11-,19-17-,28-26+,36-34+. The predicted octanol–water partition coefficient (Wildman–Crippen LogP) is 5.09. The first-order chi connectivity index (χ1) is 37.8. The van der Waals surface area contributed by atoms with Crippen molar-refractivity contribution in [2.24, 2.45) is 0 Å². The summed E-state index contributed by atoms with van der Waals surface area (Å²) in [5.41, 5.74) is 0. The number of ether oxygens (including phenoxy) is 6. The van der Waals surface area contributed by atoms with Crippen LogP contribution in [0.3, 0.4) is 0 Å². The number of allylic oxidation sites excluding steroid dienone is 7. The Labute approximate surface area is 465 Å². The molecule has 0 aromatic carbocycles. The Morgan fingerprint density at radius 2 is 0.859 bits per heavy atom. The molecule has 3 aliphatic rings. The van der Waals surface area contributed by atoms with E-state index in [0.29, 0.717) is 12.8 Å². The summed E-state index contributed by atoms with van der Waals surface area (Å²) in [6.07, 6.45) is 19.5. The number of unbranched alkanes of at least 4 members (excludes halogenated alkanes) is 21. The fourth-order valence-corrected chi connectivity index (χ4v) is 9.88. The molecule has 0 radical (unpaired) electrons. The maximum Gasteiger partial charge on any atom is 0.220 e. The molecule has 19 heteroatoms. The number of aliphatic hydroxyl groups excluding tert-OH is 11. The van der Waals surface area contributed by atoms with Gasteiger partial charge in [0, 0.05) is 6.42 Å². The van der Waals surface area contributed by atoms with Gasteiger partial charge in [0.1, 0.15) is 73.2 Å². The zero-order valence-corrected chi connectivity index (χ0v) is 47.1. The smallest absolute Gasteiger partial charge is 0.220 e. The van der Waals surface area contributed by atoms with Crippen molar-refractivity contribution in [2.45, 2.75) is 291 Å². The van der Waals surface area contributed by atoms with E-state index in [4.69, 9.17) is 28.4 Å². The Morgan fingerprint density at radius 1 is 0.462 bits per heavy atom. The van der Waals surface area contributed by atoms with E-state index in [-0.39, 0.29) is 18.9 Å². The van der Waals surface area contributed by atoms with E-state index in [1.54, 1.807) is 6.08 Å². The van der Waals surface area contributed by atoms with Crippen molar-refractivity contribution in [3.8, 4) is 0 Å². The van der Waals surface area contributed by atoms with E-state index in [1.807, 2.05) is 6.08 Å². The Morgan fingerprint density at radius 3 is 1.38 bits per heavy atom. The summed E-state index contributed by atoms with van der Waals surface area (Å²) < 4.78 is 34.2. The Balaban J connectivity index is 1.51. The van der Waals surface area contributed by atoms with E-state index in [0.717, 1.165) is 57.8 Å². The lowest BCUT2D eigenvalue weighted by Crippen LogP contribution is -2.66. The minimum atomic E-state index is -1.98. The summed E-state index contributed by atoms with van der Waals surface area (Å²) in [5.74, 6) is -0.293. The van der Waals surface area contributed by atoms with Crippen LogP contribution < -0.4 is 5.32 Å². The second-order valence-electron chi connectivity index (χ2n) is 21.4. The van der Waals surface area contributed by atoms with Gasteiger partial charge in [0.05, 0.1) is 38.6 Å². The molecule has 17 atom stereocenters. The van der Waals surface area contributed by atoms with Crippen molar-refractivity contribution in [3.63, 3.8) is 0 Å². The molecule has 0 aromatic rings. The quantitative estimate of drug-likeness (QED) is 0.0279. The first kappa shape index (κ1) is 70.0. The molecule has 0 aliphatic carbocycles. The minimum absolute atomic E-state index is 0.229. The molecule has 78 heavy (non-hydrogen) atoms. The van der Waals surface area contributed by atoms with Gasteiger partial charge in [0.2, 0.25) is 5.91 Å². The summed E-state index contributed by atoms with van der Waals surface area (Å²) in [6, 6.07) is -0.991. The molecular weight excluding hydrogens is 1010 g/mol. The largest absolute Gasteiger partial charge is 0.394 e. The number of nitrogens with one attached hydrogen (secondary N) is 1. The van der Waals surface area contributed by atoms with Gasteiger partial charge < -0.3 is 89.9 Å². The van der Waals surface area contributed by atoms with Crippen LogP contribution in [0.4, 0.5) is 0 Å². The highest BCUT2D eigenvalue weighted by atomic mass is 16.8. The maximum absolute atomic E-state index is 13.3. The van der Waals surface area contributed by atoms with Gasteiger partial charge in [-0.05, 0) is 64.2 Å². The Kier molecular flexibility index (Phi) is 38.2. The monoisotopic (exact) mass is 1120 g/mol. The van der Waals surface area contributed by atoms with Gasteiger partial charge in [0.15, 0.2) is 18.9 Å². The molecular formula is C59H105NO18. The van der Waals surface area contributed by atoms with Crippen LogP contribution in [-0.4, -0.2) is 193 Å². The zero-order valence-electron chi connectivity index (χ0n) is 47.1. The fraction of sp³-hybridized carbons (Fsp3) is 0.847. The van der Waals surface area contributed by atoms with Crippen LogP contribution in [0, 0.1) is 0 Å². The third-order valence-corrected chi connectivity index (χ3v) is 14.8. The Hall–Kier alpha value is -2.25. The highest BCUT2D eigenvalue weighted by Crippen LogP contribution is 2.33. The van der Waals surface area contributed by atoms with Gasteiger partial charge in [-0.2, -0.15) is 0 Å². The van der Waals surface area contributed by atoms with Crippen LogP contribution in [0.1, 0.15) is 187 Å². The van der Waals surface area contributed by atoms with Crippen molar-refractivity contribution < 1.29 is 89.4 Å². The van der Waals surface area contributed by atoms with E-state index in [1.165, 1.54) is 96.3 Å². The highest BCUT2D eigenvalue weighted by molar-refractivity contribution is 5.76. The topological polar surface area (TPSA) is 307 Å². The molecule has 0 bridgehead atoms. The first-order valence-corrected chi connectivity index (χ1v) is 29.9. The second kappa shape index (κ2) is 42.6. The van der Waals surface area contributed by atoms with Crippen molar-refractivity contribution in [2.75, 3.05) is 26.4 Å². The summed E-state index contributed by atoms with van der Waals surface area (Å²) in [6.45, 7) is 1.65. The van der Waals surface area contributed by atoms with Crippen molar-refractivity contribution >= 4 is 5.91 Å². The third-order valence-electron chi connectivity index (χ3n) is 14.8. The lowest BCUT2D eigenvalue weighted by Gasteiger charge is -2.48. The van der Waals surface area contributed by atoms with Crippen molar-refractivity contribution in [1.29, 1.82) is 0 Å². The SMILES string of the molecule is CCCCC/C=C\C/C=C\CCCCCCCCCCCC(=O)NC(COC1OC(CO)C(OC2OC(CO)C(OC3OC(CO)C(O)C(O)C3O)C(O)C2O)C(O)C1O)C(O)/C=C/CC/C=C/CCCCCCCCCC. The van der Waals surface area contributed by atoms with E-state index in [9.17, 15) is 61.0 Å². The zero-order chi connectivity index (χ0) is 56.9. The van der Waals surface area contributed by atoms with E-state index < -0.39 is 124 Å². The van der Waals surface area contributed by atoms with Crippen LogP contribution in [0.25, 0.3) is 0 Å². The average Bonchev–Trinajstić information content (AvgIpc) is 3.45. The number of carbonyl (C=O) groups is 1.